The maximum atomic E-state index is 12.8. The van der Waals surface area contributed by atoms with Crippen LogP contribution in [0, 0.1) is 12.8 Å². The van der Waals surface area contributed by atoms with Crippen molar-refractivity contribution in [2.45, 2.75) is 38.1 Å². The molecule has 4 nitrogen and oxygen atoms in total. The van der Waals surface area contributed by atoms with Gasteiger partial charge in [0.15, 0.2) is 0 Å². The molecule has 112 valence electrons. The molecule has 1 N–H and O–H groups in total. The number of rotatable bonds is 4. The number of hydrogen-bond donors (Lipinski definition) is 1. The number of piperidine rings is 1. The third-order valence-electron chi connectivity index (χ3n) is 3.87. The fourth-order valence-corrected chi connectivity index (χ4v) is 4.61. The second kappa shape index (κ2) is 6.24. The van der Waals surface area contributed by atoms with Crippen LogP contribution < -0.4 is 5.32 Å². The third-order valence-corrected chi connectivity index (χ3v) is 5.88. The average molecular weight is 296 g/mol. The first-order valence-corrected chi connectivity index (χ1v) is 8.63. The topological polar surface area (TPSA) is 49.4 Å². The van der Waals surface area contributed by atoms with Crippen LogP contribution in [0.15, 0.2) is 23.1 Å². The van der Waals surface area contributed by atoms with Gasteiger partial charge in [-0.1, -0.05) is 19.1 Å². The Bertz CT molecular complexity index is 569. The van der Waals surface area contributed by atoms with E-state index in [2.05, 4.69) is 12.2 Å². The summed E-state index contributed by atoms with van der Waals surface area (Å²) >= 11 is 0. The molecule has 1 aliphatic heterocycles. The van der Waals surface area contributed by atoms with Gasteiger partial charge in [0, 0.05) is 19.6 Å². The molecule has 0 radical (unpaired) electrons. The number of sulfonamides is 1. The highest BCUT2D eigenvalue weighted by molar-refractivity contribution is 7.89. The number of nitrogens with zero attached hydrogens (tertiary/aromatic N) is 1. The first kappa shape index (κ1) is 15.5. The second-order valence-electron chi connectivity index (χ2n) is 5.74. The van der Waals surface area contributed by atoms with E-state index in [1.807, 2.05) is 26.1 Å². The van der Waals surface area contributed by atoms with E-state index >= 15 is 0 Å². The molecule has 1 saturated heterocycles. The molecule has 5 heteroatoms. The van der Waals surface area contributed by atoms with Crippen LogP contribution >= 0.6 is 0 Å². The smallest absolute Gasteiger partial charge is 0.243 e. The lowest BCUT2D eigenvalue weighted by Crippen LogP contribution is -2.39. The summed E-state index contributed by atoms with van der Waals surface area (Å²) in [7, 11) is -1.50. The third kappa shape index (κ3) is 3.22. The normalized spacial score (nSPS) is 21.1. The van der Waals surface area contributed by atoms with Crippen LogP contribution in [0.25, 0.3) is 0 Å². The predicted octanol–water partition coefficient (Wildman–Crippen LogP) is 2.14. The van der Waals surface area contributed by atoms with Crippen molar-refractivity contribution in [3.8, 4) is 0 Å². The Morgan fingerprint density at radius 3 is 2.80 bits per heavy atom. The van der Waals surface area contributed by atoms with Crippen LogP contribution in [0.4, 0.5) is 0 Å². The van der Waals surface area contributed by atoms with Crippen LogP contribution in [0.2, 0.25) is 0 Å². The van der Waals surface area contributed by atoms with Gasteiger partial charge in [-0.3, -0.25) is 0 Å². The van der Waals surface area contributed by atoms with E-state index in [1.165, 1.54) is 0 Å². The quantitative estimate of drug-likeness (QED) is 0.926. The maximum Gasteiger partial charge on any atom is 0.243 e. The Morgan fingerprint density at radius 2 is 2.15 bits per heavy atom. The second-order valence-corrected chi connectivity index (χ2v) is 7.65. The molecule has 1 aromatic rings. The Morgan fingerprint density at radius 1 is 1.40 bits per heavy atom. The highest BCUT2D eigenvalue weighted by atomic mass is 32.2. The van der Waals surface area contributed by atoms with Gasteiger partial charge in [-0.2, -0.15) is 4.31 Å². The molecule has 1 aromatic carbocycles. The molecule has 2 rings (SSSR count). The molecule has 1 fully saturated rings. The largest absolute Gasteiger partial charge is 0.316 e. The molecule has 0 aromatic heterocycles. The number of nitrogens with one attached hydrogen (secondary N) is 1. The van der Waals surface area contributed by atoms with Gasteiger partial charge in [0.1, 0.15) is 0 Å². The van der Waals surface area contributed by atoms with Gasteiger partial charge in [-0.15, -0.1) is 0 Å². The van der Waals surface area contributed by atoms with Crippen LogP contribution in [0.1, 0.15) is 30.9 Å². The van der Waals surface area contributed by atoms with E-state index in [9.17, 15) is 8.42 Å². The standard InChI is InChI=1S/C15H24N2O2S/c1-12-5-4-8-17(11-12)20(18,19)15-9-14(10-16-3)7-6-13(15)2/h6-7,9,12,16H,4-5,8,10-11H2,1-3H3. The fourth-order valence-electron chi connectivity index (χ4n) is 2.74. The zero-order chi connectivity index (χ0) is 14.8. The van der Waals surface area contributed by atoms with E-state index in [1.54, 1.807) is 10.4 Å². The highest BCUT2D eigenvalue weighted by Crippen LogP contribution is 2.26. The average Bonchev–Trinajstić information content (AvgIpc) is 2.41. The minimum atomic E-state index is -3.36. The SMILES string of the molecule is CNCc1ccc(C)c(S(=O)(=O)N2CCCC(C)C2)c1. The summed E-state index contributed by atoms with van der Waals surface area (Å²) in [6, 6.07) is 5.68. The van der Waals surface area contributed by atoms with Crippen molar-refractivity contribution in [2.24, 2.45) is 5.92 Å². The number of aryl methyl sites for hydroxylation is 1. The maximum absolute atomic E-state index is 12.8. The Kier molecular flexibility index (Phi) is 4.83. The molecule has 20 heavy (non-hydrogen) atoms. The number of benzene rings is 1. The summed E-state index contributed by atoms with van der Waals surface area (Å²) in [4.78, 5) is 0.458. The van der Waals surface area contributed by atoms with Gasteiger partial charge in [0.2, 0.25) is 10.0 Å². The first-order chi connectivity index (χ1) is 9.45. The summed E-state index contributed by atoms with van der Waals surface area (Å²) < 4.78 is 27.3. The van der Waals surface area contributed by atoms with Gasteiger partial charge < -0.3 is 5.32 Å². The van der Waals surface area contributed by atoms with Crippen molar-refractivity contribution >= 4 is 10.0 Å². The molecule has 0 saturated carbocycles. The van der Waals surface area contributed by atoms with E-state index in [0.29, 0.717) is 30.4 Å². The lowest BCUT2D eigenvalue weighted by Gasteiger charge is -2.30. The molecule has 1 unspecified atom stereocenters. The van der Waals surface area contributed by atoms with Crippen molar-refractivity contribution < 1.29 is 8.42 Å². The highest BCUT2D eigenvalue weighted by Gasteiger charge is 2.29. The molecule has 1 atom stereocenters. The van der Waals surface area contributed by atoms with Gasteiger partial charge in [0.25, 0.3) is 0 Å². The monoisotopic (exact) mass is 296 g/mol. The summed E-state index contributed by atoms with van der Waals surface area (Å²) in [5, 5.41) is 3.06. The fraction of sp³-hybridized carbons (Fsp3) is 0.600. The lowest BCUT2D eigenvalue weighted by atomic mass is 10.0. The molecule has 1 heterocycles. The van der Waals surface area contributed by atoms with E-state index in [-0.39, 0.29) is 0 Å². The minimum Gasteiger partial charge on any atom is -0.316 e. The van der Waals surface area contributed by atoms with E-state index in [4.69, 9.17) is 0 Å². The van der Waals surface area contributed by atoms with Crippen molar-refractivity contribution in [1.29, 1.82) is 0 Å². The summed E-state index contributed by atoms with van der Waals surface area (Å²) in [6.07, 6.45) is 2.07. The first-order valence-electron chi connectivity index (χ1n) is 7.19. The van der Waals surface area contributed by atoms with Crippen LogP contribution in [-0.4, -0.2) is 32.9 Å². The number of hydrogen-bond acceptors (Lipinski definition) is 3. The summed E-state index contributed by atoms with van der Waals surface area (Å²) in [6.45, 7) is 5.94. The van der Waals surface area contributed by atoms with Crippen LogP contribution in [0.3, 0.4) is 0 Å². The van der Waals surface area contributed by atoms with Crippen LogP contribution in [-0.2, 0) is 16.6 Å². The zero-order valence-electron chi connectivity index (χ0n) is 12.5. The van der Waals surface area contributed by atoms with Gasteiger partial charge in [-0.05, 0) is 49.9 Å². The van der Waals surface area contributed by atoms with Gasteiger partial charge in [-0.25, -0.2) is 8.42 Å². The summed E-state index contributed by atoms with van der Waals surface area (Å²) in [5.74, 6) is 0.444. The molecule has 0 aliphatic carbocycles. The zero-order valence-corrected chi connectivity index (χ0v) is 13.3. The Labute approximate surface area is 122 Å². The van der Waals surface area contributed by atoms with E-state index in [0.717, 1.165) is 24.0 Å². The molecule has 1 aliphatic rings. The van der Waals surface area contributed by atoms with Crippen molar-refractivity contribution in [1.82, 2.24) is 9.62 Å². The van der Waals surface area contributed by atoms with Crippen molar-refractivity contribution in [3.63, 3.8) is 0 Å². The molecule has 0 spiro atoms. The van der Waals surface area contributed by atoms with Gasteiger partial charge >= 0.3 is 0 Å². The van der Waals surface area contributed by atoms with Gasteiger partial charge in [0.05, 0.1) is 4.90 Å². The predicted molar refractivity (Wildman–Crippen MR) is 81.1 cm³/mol. The van der Waals surface area contributed by atoms with Crippen molar-refractivity contribution in [3.05, 3.63) is 29.3 Å². The minimum absolute atomic E-state index is 0.444. The van der Waals surface area contributed by atoms with Crippen LogP contribution in [0.5, 0.6) is 0 Å². The Hall–Kier alpha value is -0.910. The molecular formula is C15H24N2O2S. The summed E-state index contributed by atoms with van der Waals surface area (Å²) in [5.41, 5.74) is 1.82. The molecular weight excluding hydrogens is 272 g/mol. The van der Waals surface area contributed by atoms with Crippen molar-refractivity contribution in [2.75, 3.05) is 20.1 Å². The lowest BCUT2D eigenvalue weighted by molar-refractivity contribution is 0.281. The van der Waals surface area contributed by atoms with E-state index < -0.39 is 10.0 Å². The Balaban J connectivity index is 2.35. The molecule has 0 bridgehead atoms. The molecule has 0 amide bonds.